The molecular formula is C11H16O. The molecule has 0 spiro atoms. The smallest absolute Gasteiger partial charge is 0.137 e. The van der Waals surface area contributed by atoms with Crippen molar-refractivity contribution in [2.45, 2.75) is 40.0 Å². The zero-order chi connectivity index (χ0) is 8.78. The number of Topliss-reactive ketones (excluding diaryl/α,β-unsaturated/α-hetero) is 1. The Balaban J connectivity index is 2.13. The molecule has 0 radical (unpaired) electrons. The summed E-state index contributed by atoms with van der Waals surface area (Å²) in [5.41, 5.74) is 1.29. The Bertz CT molecular complexity index is 295. The van der Waals surface area contributed by atoms with Gasteiger partial charge in [0.2, 0.25) is 0 Å². The number of carbonyl (C=O) groups excluding carboxylic acids is 1. The average molecular weight is 164 g/mol. The molecule has 0 aromatic heterocycles. The van der Waals surface area contributed by atoms with Crippen LogP contribution in [0, 0.1) is 22.2 Å². The molecule has 0 heterocycles. The van der Waals surface area contributed by atoms with Crippen LogP contribution in [0.5, 0.6) is 0 Å². The van der Waals surface area contributed by atoms with Crippen LogP contribution < -0.4 is 0 Å². The van der Waals surface area contributed by atoms with Crippen LogP contribution >= 0.6 is 0 Å². The van der Waals surface area contributed by atoms with Gasteiger partial charge < -0.3 is 0 Å². The van der Waals surface area contributed by atoms with Crippen LogP contribution in [0.3, 0.4) is 0 Å². The second-order valence-electron chi connectivity index (χ2n) is 5.90. The molecule has 3 rings (SSSR count). The van der Waals surface area contributed by atoms with Crippen LogP contribution in [0.4, 0.5) is 0 Å². The van der Waals surface area contributed by atoms with Crippen molar-refractivity contribution in [1.82, 2.24) is 0 Å². The van der Waals surface area contributed by atoms with Gasteiger partial charge >= 0.3 is 0 Å². The Morgan fingerprint density at radius 1 is 1.25 bits per heavy atom. The van der Waals surface area contributed by atoms with E-state index in [-0.39, 0.29) is 0 Å². The third-order valence-electron chi connectivity index (χ3n) is 5.59. The van der Waals surface area contributed by atoms with Gasteiger partial charge in [-0.1, -0.05) is 20.8 Å². The Morgan fingerprint density at radius 2 is 1.92 bits per heavy atom. The summed E-state index contributed by atoms with van der Waals surface area (Å²) in [6.07, 6.45) is 3.33. The normalized spacial score (nSPS) is 66.9. The number of rotatable bonds is 0. The third kappa shape index (κ3) is 0.381. The maximum Gasteiger partial charge on any atom is 0.137 e. The summed E-state index contributed by atoms with van der Waals surface area (Å²) in [5, 5.41) is 0. The van der Waals surface area contributed by atoms with Gasteiger partial charge in [-0.05, 0) is 29.1 Å². The van der Waals surface area contributed by atoms with Crippen molar-refractivity contribution in [1.29, 1.82) is 0 Å². The zero-order valence-corrected chi connectivity index (χ0v) is 8.11. The van der Waals surface area contributed by atoms with Crippen LogP contribution in [0.25, 0.3) is 0 Å². The molecule has 4 unspecified atom stereocenters. The standard InChI is InChI=1S/C11H16O/c1-9-4-7-8(12)5-10(2,6-9)11(7,9)3/h7H,4-6H2,1-3H3. The quantitative estimate of drug-likeness (QED) is 0.537. The van der Waals surface area contributed by atoms with Crippen molar-refractivity contribution in [3.63, 3.8) is 0 Å². The van der Waals surface area contributed by atoms with Crippen LogP contribution in [-0.2, 0) is 4.79 Å². The molecule has 0 aliphatic heterocycles. The highest BCUT2D eigenvalue weighted by molar-refractivity contribution is 5.88. The Labute approximate surface area is 73.5 Å². The van der Waals surface area contributed by atoms with Crippen LogP contribution in [0.1, 0.15) is 40.0 Å². The van der Waals surface area contributed by atoms with E-state index in [9.17, 15) is 4.79 Å². The Hall–Kier alpha value is -0.330. The van der Waals surface area contributed by atoms with E-state index in [1.54, 1.807) is 0 Å². The zero-order valence-electron chi connectivity index (χ0n) is 8.11. The van der Waals surface area contributed by atoms with E-state index in [0.717, 1.165) is 6.42 Å². The molecule has 3 aliphatic rings. The second kappa shape index (κ2) is 1.40. The van der Waals surface area contributed by atoms with Gasteiger partial charge in [-0.3, -0.25) is 4.79 Å². The van der Waals surface area contributed by atoms with Gasteiger partial charge in [0.1, 0.15) is 5.78 Å². The molecular weight excluding hydrogens is 148 g/mol. The monoisotopic (exact) mass is 164 g/mol. The van der Waals surface area contributed by atoms with E-state index < -0.39 is 0 Å². The lowest BCUT2D eigenvalue weighted by atomic mass is 9.29. The minimum Gasteiger partial charge on any atom is -0.299 e. The number of hydrogen-bond acceptors (Lipinski definition) is 1. The Kier molecular flexibility index (Phi) is 0.831. The van der Waals surface area contributed by atoms with E-state index in [1.165, 1.54) is 12.8 Å². The summed E-state index contributed by atoms with van der Waals surface area (Å²) >= 11 is 0. The maximum atomic E-state index is 11.6. The van der Waals surface area contributed by atoms with Crippen molar-refractivity contribution in [3.05, 3.63) is 0 Å². The highest BCUT2D eigenvalue weighted by atomic mass is 16.1. The second-order valence-corrected chi connectivity index (χ2v) is 5.90. The van der Waals surface area contributed by atoms with Gasteiger partial charge in [0.05, 0.1) is 0 Å². The van der Waals surface area contributed by atoms with E-state index in [1.807, 2.05) is 0 Å². The molecule has 3 aliphatic carbocycles. The first-order chi connectivity index (χ1) is 5.43. The van der Waals surface area contributed by atoms with Gasteiger partial charge in [0.25, 0.3) is 0 Å². The van der Waals surface area contributed by atoms with E-state index in [4.69, 9.17) is 0 Å². The predicted octanol–water partition coefficient (Wildman–Crippen LogP) is 2.40. The van der Waals surface area contributed by atoms with E-state index in [2.05, 4.69) is 20.8 Å². The molecule has 0 bridgehead atoms. The van der Waals surface area contributed by atoms with Crippen LogP contribution in [0.15, 0.2) is 0 Å². The largest absolute Gasteiger partial charge is 0.299 e. The molecule has 1 nitrogen and oxygen atoms in total. The minimum absolute atomic E-state index is 0.377. The third-order valence-corrected chi connectivity index (χ3v) is 5.59. The molecule has 4 atom stereocenters. The van der Waals surface area contributed by atoms with Crippen molar-refractivity contribution < 1.29 is 4.79 Å². The lowest BCUT2D eigenvalue weighted by molar-refractivity contribution is -0.270. The van der Waals surface area contributed by atoms with Crippen molar-refractivity contribution in [3.8, 4) is 0 Å². The van der Waals surface area contributed by atoms with Gasteiger partial charge in [0.15, 0.2) is 0 Å². The summed E-state index contributed by atoms with van der Waals surface area (Å²) in [4.78, 5) is 11.6. The number of hydrogen-bond donors (Lipinski definition) is 0. The number of ketones is 1. The topological polar surface area (TPSA) is 17.1 Å². The first kappa shape index (κ1) is 7.11. The summed E-state index contributed by atoms with van der Waals surface area (Å²) in [6.45, 7) is 7.02. The summed E-state index contributed by atoms with van der Waals surface area (Å²) in [5.74, 6) is 0.983. The van der Waals surface area contributed by atoms with Gasteiger partial charge in [0, 0.05) is 12.3 Å². The summed E-state index contributed by atoms with van der Waals surface area (Å²) < 4.78 is 0. The van der Waals surface area contributed by atoms with Crippen molar-refractivity contribution in [2.24, 2.45) is 22.2 Å². The lowest BCUT2D eigenvalue weighted by Gasteiger charge is -2.75. The maximum absolute atomic E-state index is 11.6. The molecule has 0 amide bonds. The predicted molar refractivity (Wildman–Crippen MR) is 46.7 cm³/mol. The molecule has 0 aromatic carbocycles. The fraction of sp³-hybridized carbons (Fsp3) is 0.909. The first-order valence-electron chi connectivity index (χ1n) is 4.96. The fourth-order valence-electron chi connectivity index (χ4n) is 4.69. The summed E-state index contributed by atoms with van der Waals surface area (Å²) in [6, 6.07) is 0. The van der Waals surface area contributed by atoms with E-state index >= 15 is 0 Å². The van der Waals surface area contributed by atoms with Crippen molar-refractivity contribution in [2.75, 3.05) is 0 Å². The summed E-state index contributed by atoms with van der Waals surface area (Å²) in [7, 11) is 0. The molecule has 3 fully saturated rings. The van der Waals surface area contributed by atoms with Crippen molar-refractivity contribution >= 4 is 5.78 Å². The average Bonchev–Trinajstić information content (AvgIpc) is 2.07. The highest BCUT2D eigenvalue weighted by Crippen LogP contribution is 2.85. The molecule has 66 valence electrons. The Morgan fingerprint density at radius 3 is 2.33 bits per heavy atom. The highest BCUT2D eigenvalue weighted by Gasteiger charge is 2.81. The molecule has 0 saturated heterocycles. The molecule has 1 heteroatoms. The van der Waals surface area contributed by atoms with Crippen LogP contribution in [0.2, 0.25) is 0 Å². The van der Waals surface area contributed by atoms with Crippen LogP contribution in [-0.4, -0.2) is 5.78 Å². The lowest BCUT2D eigenvalue weighted by Crippen LogP contribution is -2.69. The fourth-order valence-corrected chi connectivity index (χ4v) is 4.69. The number of carbonyl (C=O) groups is 1. The molecule has 0 N–H and O–H groups in total. The first-order valence-corrected chi connectivity index (χ1v) is 4.96. The van der Waals surface area contributed by atoms with Gasteiger partial charge in [-0.25, -0.2) is 0 Å². The SMILES string of the molecule is CC12CC(=O)C3CC(C)(C1)C32C. The van der Waals surface area contributed by atoms with Gasteiger partial charge in [-0.15, -0.1) is 0 Å². The molecule has 0 aromatic rings. The van der Waals surface area contributed by atoms with Gasteiger partial charge in [-0.2, -0.15) is 0 Å². The van der Waals surface area contributed by atoms with E-state index in [0.29, 0.717) is 27.9 Å². The molecule has 3 saturated carbocycles. The molecule has 12 heavy (non-hydrogen) atoms. The minimum atomic E-state index is 0.377.